The number of esters is 1. The van der Waals surface area contributed by atoms with Gasteiger partial charge in [0.25, 0.3) is 5.56 Å². The van der Waals surface area contributed by atoms with Crippen LogP contribution in [0.2, 0.25) is 0 Å². The van der Waals surface area contributed by atoms with Crippen molar-refractivity contribution in [2.75, 3.05) is 19.0 Å². The van der Waals surface area contributed by atoms with Crippen molar-refractivity contribution in [3.63, 3.8) is 0 Å². The van der Waals surface area contributed by atoms with Crippen molar-refractivity contribution >= 4 is 28.5 Å². The van der Waals surface area contributed by atoms with Crippen LogP contribution >= 0.6 is 0 Å². The van der Waals surface area contributed by atoms with E-state index in [0.29, 0.717) is 6.07 Å². The van der Waals surface area contributed by atoms with Gasteiger partial charge in [-0.2, -0.15) is 0 Å². The molecule has 3 N–H and O–H groups in total. The molecule has 9 nitrogen and oxygen atoms in total. The zero-order valence-electron chi connectivity index (χ0n) is 16.8. The Hall–Kier alpha value is -3.86. The fourth-order valence-electron chi connectivity index (χ4n) is 3.21. The Kier molecular flexibility index (Phi) is 6.79. The number of hydrogen-bond donors (Lipinski definition) is 3. The molecule has 0 saturated carbocycles. The quantitative estimate of drug-likeness (QED) is 0.270. The summed E-state index contributed by atoms with van der Waals surface area (Å²) in [5, 5.41) is 22.5. The van der Waals surface area contributed by atoms with E-state index in [1.54, 1.807) is 0 Å². The van der Waals surface area contributed by atoms with Crippen LogP contribution < -0.4 is 10.9 Å². The number of ketones is 1. The predicted molar refractivity (Wildman–Crippen MR) is 109 cm³/mol. The number of Topliss-reactive ketones (excluding diaryl/α,β-unsaturated/α-hetero) is 1. The van der Waals surface area contributed by atoms with Crippen LogP contribution in [0.15, 0.2) is 41.3 Å². The molecule has 0 bridgehead atoms. The van der Waals surface area contributed by atoms with Gasteiger partial charge in [0.1, 0.15) is 23.2 Å². The van der Waals surface area contributed by atoms with E-state index in [2.05, 4.69) is 15.0 Å². The van der Waals surface area contributed by atoms with Crippen molar-refractivity contribution in [2.24, 2.45) is 0 Å². The minimum atomic E-state index is -1.32. The maximum absolute atomic E-state index is 13.9. The summed E-state index contributed by atoms with van der Waals surface area (Å²) in [7, 11) is 1.10. The van der Waals surface area contributed by atoms with E-state index < -0.39 is 47.2 Å². The maximum Gasteiger partial charge on any atom is 0.330 e. The highest BCUT2D eigenvalue weighted by atomic mass is 19.1. The number of nitrogens with zero attached hydrogens (tertiary/aromatic N) is 2. The number of halogens is 2. The Balaban J connectivity index is 2.07. The summed E-state index contributed by atoms with van der Waals surface area (Å²) in [6.07, 6.45) is 0.794. The zero-order valence-corrected chi connectivity index (χ0v) is 16.8. The van der Waals surface area contributed by atoms with Gasteiger partial charge in [0, 0.05) is 24.1 Å². The largest absolute Gasteiger partial charge is 0.467 e. The number of rotatable bonds is 8. The number of benzene rings is 1. The van der Waals surface area contributed by atoms with Crippen LogP contribution in [0.25, 0.3) is 11.0 Å². The summed E-state index contributed by atoms with van der Waals surface area (Å²) < 4.78 is 31.8. The second-order valence-electron chi connectivity index (χ2n) is 6.80. The van der Waals surface area contributed by atoms with Gasteiger partial charge in [-0.05, 0) is 30.2 Å². The van der Waals surface area contributed by atoms with Gasteiger partial charge in [-0.25, -0.2) is 18.6 Å². The number of aryl methyl sites for hydroxylation is 1. The Labute approximate surface area is 179 Å². The van der Waals surface area contributed by atoms with E-state index in [1.165, 1.54) is 24.4 Å². The molecule has 0 fully saturated rings. The summed E-state index contributed by atoms with van der Waals surface area (Å²) in [5.74, 6) is -3.25. The molecule has 1 aromatic carbocycles. The maximum atomic E-state index is 13.9. The molecule has 0 unspecified atom stereocenters. The van der Waals surface area contributed by atoms with Gasteiger partial charge in [0.15, 0.2) is 11.4 Å². The zero-order chi connectivity index (χ0) is 23.4. The van der Waals surface area contributed by atoms with Crippen LogP contribution in [0.5, 0.6) is 0 Å². The molecular weight excluding hydrogens is 428 g/mol. The number of fused-ring (bicyclic) bond motifs is 1. The predicted octanol–water partition coefficient (Wildman–Crippen LogP) is 1.67. The molecule has 2 heterocycles. The van der Waals surface area contributed by atoms with Gasteiger partial charge in [0.05, 0.1) is 19.4 Å². The minimum absolute atomic E-state index is 0.0591. The molecule has 1 atom stereocenters. The molecule has 0 spiro atoms. The molecule has 168 valence electrons. The van der Waals surface area contributed by atoms with Gasteiger partial charge in [-0.3, -0.25) is 9.59 Å². The fourth-order valence-corrected chi connectivity index (χ4v) is 3.21. The van der Waals surface area contributed by atoms with E-state index in [1.807, 2.05) is 0 Å². The first kappa shape index (κ1) is 22.8. The Morgan fingerprint density at radius 1 is 1.28 bits per heavy atom. The topological polar surface area (TPSA) is 131 Å². The smallest absolute Gasteiger partial charge is 0.330 e. The Bertz CT molecular complexity index is 1240. The molecule has 0 amide bonds. The van der Waals surface area contributed by atoms with Gasteiger partial charge < -0.3 is 20.4 Å². The lowest BCUT2D eigenvalue weighted by Crippen LogP contribution is -2.37. The van der Waals surface area contributed by atoms with Gasteiger partial charge in [-0.15, -0.1) is 4.73 Å². The Morgan fingerprint density at radius 2 is 2.03 bits per heavy atom. The van der Waals surface area contributed by atoms with Crippen LogP contribution in [0.3, 0.4) is 0 Å². The summed E-state index contributed by atoms with van der Waals surface area (Å²) >= 11 is 0. The van der Waals surface area contributed by atoms with E-state index in [4.69, 9.17) is 0 Å². The molecule has 0 aliphatic rings. The molecule has 11 heteroatoms. The van der Waals surface area contributed by atoms with Gasteiger partial charge in [-0.1, -0.05) is 6.07 Å². The molecular formula is C21H19F2N3O6. The average Bonchev–Trinajstić information content (AvgIpc) is 2.79. The summed E-state index contributed by atoms with van der Waals surface area (Å²) in [4.78, 5) is 41.6. The molecule has 0 radical (unpaired) electrons. The number of anilines is 1. The first-order valence-corrected chi connectivity index (χ1v) is 9.43. The van der Waals surface area contributed by atoms with Gasteiger partial charge in [0.2, 0.25) is 0 Å². The Morgan fingerprint density at radius 3 is 2.69 bits per heavy atom. The highest BCUT2D eigenvalue weighted by Crippen LogP contribution is 2.26. The average molecular weight is 447 g/mol. The number of methoxy groups -OCH3 is 1. The van der Waals surface area contributed by atoms with Crippen LogP contribution in [-0.2, 0) is 16.0 Å². The second kappa shape index (κ2) is 9.52. The minimum Gasteiger partial charge on any atom is -0.467 e. The van der Waals surface area contributed by atoms with Crippen LogP contribution in [-0.4, -0.2) is 51.5 Å². The molecule has 3 aromatic rings. The number of carbonyl (C=O) groups excluding carboxylic acids is 2. The number of aliphatic hydroxyl groups excluding tert-OH is 1. The van der Waals surface area contributed by atoms with Crippen molar-refractivity contribution in [1.29, 1.82) is 0 Å². The summed E-state index contributed by atoms with van der Waals surface area (Å²) in [6, 6.07) is 4.51. The second-order valence-corrected chi connectivity index (χ2v) is 6.80. The number of nitrogens with one attached hydrogen (secondary N) is 1. The molecule has 3 rings (SSSR count). The molecule has 0 aliphatic heterocycles. The monoisotopic (exact) mass is 447 g/mol. The standard InChI is InChI=1S/C21H19F2N3O6/c1-32-21(30)15(10-27)25-18-13-3-2-8-24-19(13)26(31)20(29)17(18)16(28)7-5-11-4-6-12(22)9-14(11)23/h2-4,6,8-9,15,25,27,31H,5,7,10H2,1H3/t15-/m1/s1. The van der Waals surface area contributed by atoms with Crippen LogP contribution in [0.1, 0.15) is 22.3 Å². The third-order valence-corrected chi connectivity index (χ3v) is 4.82. The lowest BCUT2D eigenvalue weighted by molar-refractivity contribution is -0.142. The normalized spacial score (nSPS) is 11.9. The molecule has 0 saturated heterocycles. The number of pyridine rings is 2. The van der Waals surface area contributed by atoms with Crippen LogP contribution in [0, 0.1) is 11.6 Å². The highest BCUT2D eigenvalue weighted by Gasteiger charge is 2.27. The third-order valence-electron chi connectivity index (χ3n) is 4.82. The number of hydrogen-bond acceptors (Lipinski definition) is 8. The van der Waals surface area contributed by atoms with Crippen molar-refractivity contribution in [3.05, 3.63) is 69.6 Å². The number of carbonyl (C=O) groups is 2. The van der Waals surface area contributed by atoms with E-state index in [-0.39, 0.29) is 39.9 Å². The lowest BCUT2D eigenvalue weighted by atomic mass is 10.00. The highest BCUT2D eigenvalue weighted by molar-refractivity contribution is 6.08. The number of ether oxygens (including phenoxy) is 1. The fraction of sp³-hybridized carbons (Fsp3) is 0.238. The third kappa shape index (κ3) is 4.42. The first-order valence-electron chi connectivity index (χ1n) is 9.43. The van der Waals surface area contributed by atoms with E-state index >= 15 is 0 Å². The van der Waals surface area contributed by atoms with Crippen molar-refractivity contribution < 1.29 is 33.4 Å². The first-order chi connectivity index (χ1) is 15.3. The summed E-state index contributed by atoms with van der Waals surface area (Å²) in [5.41, 5.74) is -1.91. The SMILES string of the molecule is COC(=O)[C@@H](CO)Nc1c(C(=O)CCc2ccc(F)cc2F)c(=O)n(O)c2ncccc12. The molecule has 2 aromatic heterocycles. The lowest BCUT2D eigenvalue weighted by Gasteiger charge is -2.19. The van der Waals surface area contributed by atoms with Gasteiger partial charge >= 0.3 is 5.97 Å². The van der Waals surface area contributed by atoms with Crippen molar-refractivity contribution in [1.82, 2.24) is 9.71 Å². The number of aliphatic hydroxyl groups is 1. The number of aromatic nitrogens is 2. The van der Waals surface area contributed by atoms with E-state index in [9.17, 15) is 33.5 Å². The molecule has 0 aliphatic carbocycles. The van der Waals surface area contributed by atoms with E-state index in [0.717, 1.165) is 13.2 Å². The summed E-state index contributed by atoms with van der Waals surface area (Å²) in [6.45, 7) is -0.717. The van der Waals surface area contributed by atoms with Crippen molar-refractivity contribution in [3.8, 4) is 0 Å². The molecule has 32 heavy (non-hydrogen) atoms. The van der Waals surface area contributed by atoms with Crippen molar-refractivity contribution in [2.45, 2.75) is 18.9 Å². The van der Waals surface area contributed by atoms with Crippen LogP contribution in [0.4, 0.5) is 14.5 Å².